The van der Waals surface area contributed by atoms with Gasteiger partial charge in [-0.1, -0.05) is 30.3 Å². The minimum absolute atomic E-state index is 0.199. The third-order valence-electron chi connectivity index (χ3n) is 2.90. The molecule has 0 aliphatic carbocycles. The summed E-state index contributed by atoms with van der Waals surface area (Å²) >= 11 is 1.23. The van der Waals surface area contributed by atoms with E-state index in [0.717, 1.165) is 5.56 Å². The van der Waals surface area contributed by atoms with E-state index in [4.69, 9.17) is 4.74 Å². The summed E-state index contributed by atoms with van der Waals surface area (Å²) in [6.45, 7) is 3.33. The Bertz CT molecular complexity index is 535. The Morgan fingerprint density at radius 3 is 2.35 bits per heavy atom. The first-order chi connectivity index (χ1) is 11.0. The van der Waals surface area contributed by atoms with Crippen LogP contribution in [0, 0.1) is 0 Å². The van der Waals surface area contributed by atoms with Crippen molar-refractivity contribution in [2.75, 3.05) is 19.5 Å². The Balaban J connectivity index is 2.85. The van der Waals surface area contributed by atoms with E-state index >= 15 is 0 Å². The van der Waals surface area contributed by atoms with Crippen molar-refractivity contribution in [2.45, 2.75) is 25.1 Å². The highest BCUT2D eigenvalue weighted by Gasteiger charge is 2.27. The average Bonchev–Trinajstić information content (AvgIpc) is 2.54. The maximum atomic E-state index is 12.2. The van der Waals surface area contributed by atoms with E-state index in [-0.39, 0.29) is 24.2 Å². The number of amides is 1. The van der Waals surface area contributed by atoms with E-state index in [0.29, 0.717) is 0 Å². The molecule has 0 heterocycles. The van der Waals surface area contributed by atoms with Crippen molar-refractivity contribution >= 4 is 29.6 Å². The van der Waals surface area contributed by atoms with Crippen LogP contribution in [0.2, 0.25) is 0 Å². The summed E-state index contributed by atoms with van der Waals surface area (Å²) in [5.41, 5.74) is 0.780. The predicted molar refractivity (Wildman–Crippen MR) is 87.9 cm³/mol. The number of nitrogens with one attached hydrogen (secondary N) is 1. The van der Waals surface area contributed by atoms with E-state index < -0.39 is 17.3 Å². The first-order valence-electron chi connectivity index (χ1n) is 7.17. The molecule has 2 atom stereocenters. The summed E-state index contributed by atoms with van der Waals surface area (Å²) in [4.78, 5) is 35.1. The lowest BCUT2D eigenvalue weighted by molar-refractivity contribution is -0.144. The molecule has 0 aromatic heterocycles. The zero-order valence-electron chi connectivity index (χ0n) is 13.4. The Morgan fingerprint density at radius 1 is 1.17 bits per heavy atom. The Hall–Kier alpha value is -2.02. The second-order valence-electron chi connectivity index (χ2n) is 4.65. The van der Waals surface area contributed by atoms with Gasteiger partial charge in [0.25, 0.3) is 0 Å². The second-order valence-corrected chi connectivity index (χ2v) is 5.79. The molecule has 23 heavy (non-hydrogen) atoms. The lowest BCUT2D eigenvalue weighted by Crippen LogP contribution is -2.42. The van der Waals surface area contributed by atoms with Crippen molar-refractivity contribution in [3.8, 4) is 0 Å². The number of hydrogen-bond acceptors (Lipinski definition) is 6. The molecule has 0 aliphatic heterocycles. The van der Waals surface area contributed by atoms with Gasteiger partial charge in [-0.15, -0.1) is 11.8 Å². The van der Waals surface area contributed by atoms with Gasteiger partial charge in [0, 0.05) is 12.7 Å². The Morgan fingerprint density at radius 2 is 1.83 bits per heavy atom. The largest absolute Gasteiger partial charge is 0.467 e. The predicted octanol–water partition coefficient (Wildman–Crippen LogP) is 1.70. The Kier molecular flexibility index (Phi) is 8.18. The van der Waals surface area contributed by atoms with Crippen LogP contribution in [-0.4, -0.2) is 43.4 Å². The minimum atomic E-state index is -0.817. The highest BCUT2D eigenvalue weighted by atomic mass is 32.2. The molecule has 126 valence electrons. The van der Waals surface area contributed by atoms with Crippen molar-refractivity contribution < 1.29 is 23.9 Å². The third kappa shape index (κ3) is 6.32. The topological polar surface area (TPSA) is 81.7 Å². The van der Waals surface area contributed by atoms with Gasteiger partial charge in [-0.05, 0) is 12.5 Å². The van der Waals surface area contributed by atoms with Crippen LogP contribution in [0.5, 0.6) is 0 Å². The van der Waals surface area contributed by atoms with Crippen LogP contribution >= 0.6 is 11.8 Å². The maximum absolute atomic E-state index is 12.2. The first kappa shape index (κ1) is 19.0. The van der Waals surface area contributed by atoms with Crippen molar-refractivity contribution in [3.63, 3.8) is 0 Å². The lowest BCUT2D eigenvalue weighted by Gasteiger charge is -2.19. The number of rotatable bonds is 8. The third-order valence-corrected chi connectivity index (χ3v) is 4.22. The number of methoxy groups -OCH3 is 1. The first-order valence-corrected chi connectivity index (χ1v) is 8.22. The molecule has 0 radical (unpaired) electrons. The van der Waals surface area contributed by atoms with E-state index in [1.54, 1.807) is 6.92 Å². The summed E-state index contributed by atoms with van der Waals surface area (Å²) in [5.74, 6) is -1.07. The number of esters is 2. The van der Waals surface area contributed by atoms with Crippen LogP contribution in [0.15, 0.2) is 30.3 Å². The van der Waals surface area contributed by atoms with Crippen molar-refractivity contribution in [1.29, 1.82) is 0 Å². The smallest absolute Gasteiger partial charge is 0.329 e. The van der Waals surface area contributed by atoms with Crippen molar-refractivity contribution in [3.05, 3.63) is 35.9 Å². The van der Waals surface area contributed by atoms with Gasteiger partial charge in [0.1, 0.15) is 11.3 Å². The molecule has 0 aliphatic rings. The fraction of sp³-hybridized carbons (Fsp3) is 0.438. The quantitative estimate of drug-likeness (QED) is 0.726. The van der Waals surface area contributed by atoms with Gasteiger partial charge in [-0.25, -0.2) is 4.79 Å². The number of ether oxygens (including phenoxy) is 2. The van der Waals surface area contributed by atoms with Crippen molar-refractivity contribution in [2.24, 2.45) is 0 Å². The van der Waals surface area contributed by atoms with Crippen LogP contribution in [0.25, 0.3) is 0 Å². The molecule has 6 nitrogen and oxygen atoms in total. The molecule has 2 unspecified atom stereocenters. The molecular weight excluding hydrogens is 318 g/mol. The van der Waals surface area contributed by atoms with Crippen LogP contribution in [0.4, 0.5) is 0 Å². The molecule has 0 saturated carbocycles. The van der Waals surface area contributed by atoms with E-state index in [1.807, 2.05) is 30.3 Å². The molecular formula is C16H21NO5S. The molecule has 1 aromatic rings. The normalized spacial score (nSPS) is 12.8. The molecule has 1 amide bonds. The molecule has 0 fully saturated rings. The number of hydrogen-bond donors (Lipinski definition) is 1. The monoisotopic (exact) mass is 339 g/mol. The molecule has 0 spiro atoms. The van der Waals surface area contributed by atoms with E-state index in [1.165, 1.54) is 25.8 Å². The minimum Gasteiger partial charge on any atom is -0.467 e. The van der Waals surface area contributed by atoms with Gasteiger partial charge >= 0.3 is 11.9 Å². The molecule has 0 saturated heterocycles. The molecule has 7 heteroatoms. The molecule has 1 rings (SSSR count). The van der Waals surface area contributed by atoms with Gasteiger partial charge in [0.15, 0.2) is 0 Å². The Labute approximate surface area is 139 Å². The summed E-state index contributed by atoms with van der Waals surface area (Å²) < 4.78 is 9.77. The second kappa shape index (κ2) is 9.89. The SMILES string of the molecule is CCOC(=O)C(SCC(NC(C)=O)C(=O)OC)c1ccccc1. The van der Waals surface area contributed by atoms with E-state index in [9.17, 15) is 14.4 Å². The van der Waals surface area contributed by atoms with Crippen LogP contribution in [0.1, 0.15) is 24.7 Å². The highest BCUT2D eigenvalue weighted by Crippen LogP contribution is 2.30. The summed E-state index contributed by atoms with van der Waals surface area (Å²) in [6.07, 6.45) is 0. The van der Waals surface area contributed by atoms with Crippen LogP contribution < -0.4 is 5.32 Å². The van der Waals surface area contributed by atoms with Crippen molar-refractivity contribution in [1.82, 2.24) is 5.32 Å². The standard InChI is InChI=1S/C16H21NO5S/c1-4-22-16(20)14(12-8-6-5-7-9-12)23-10-13(15(19)21-3)17-11(2)18/h5-9,13-14H,4,10H2,1-3H3,(H,17,18). The lowest BCUT2D eigenvalue weighted by atomic mass is 10.1. The van der Waals surface area contributed by atoms with Gasteiger partial charge in [0.2, 0.25) is 5.91 Å². The maximum Gasteiger partial charge on any atom is 0.329 e. The average molecular weight is 339 g/mol. The van der Waals surface area contributed by atoms with Gasteiger partial charge in [-0.2, -0.15) is 0 Å². The number of carbonyl (C=O) groups is 3. The molecule has 0 bridgehead atoms. The number of carbonyl (C=O) groups excluding carboxylic acids is 3. The fourth-order valence-electron chi connectivity index (χ4n) is 1.89. The zero-order chi connectivity index (χ0) is 17.2. The fourth-order valence-corrected chi connectivity index (χ4v) is 3.05. The van der Waals surface area contributed by atoms with Crippen LogP contribution in [-0.2, 0) is 23.9 Å². The highest BCUT2D eigenvalue weighted by molar-refractivity contribution is 8.00. The van der Waals surface area contributed by atoms with Crippen LogP contribution in [0.3, 0.4) is 0 Å². The number of benzene rings is 1. The summed E-state index contributed by atoms with van der Waals surface area (Å²) in [6, 6.07) is 8.33. The molecule has 1 N–H and O–H groups in total. The molecule has 1 aromatic carbocycles. The van der Waals surface area contributed by atoms with E-state index in [2.05, 4.69) is 10.1 Å². The van der Waals surface area contributed by atoms with Gasteiger partial charge in [-0.3, -0.25) is 9.59 Å². The van der Waals surface area contributed by atoms with Gasteiger partial charge < -0.3 is 14.8 Å². The number of thioether (sulfide) groups is 1. The van der Waals surface area contributed by atoms with Gasteiger partial charge in [0.05, 0.1) is 13.7 Å². The summed E-state index contributed by atoms with van der Waals surface area (Å²) in [7, 11) is 1.25. The summed E-state index contributed by atoms with van der Waals surface area (Å²) in [5, 5.41) is 1.95. The zero-order valence-corrected chi connectivity index (χ0v) is 14.2.